The number of nitrogens with one attached hydrogen (secondary N) is 1. The lowest BCUT2D eigenvalue weighted by Crippen LogP contribution is -2.41. The van der Waals surface area contributed by atoms with E-state index in [9.17, 15) is 19.7 Å². The van der Waals surface area contributed by atoms with Gasteiger partial charge in [-0.1, -0.05) is 0 Å². The third-order valence-corrected chi connectivity index (χ3v) is 5.34. The van der Waals surface area contributed by atoms with E-state index in [4.69, 9.17) is 14.2 Å². The van der Waals surface area contributed by atoms with Gasteiger partial charge in [-0.2, -0.15) is 0 Å². The molecule has 1 aliphatic heterocycles. The van der Waals surface area contributed by atoms with Gasteiger partial charge >= 0.3 is 0 Å². The van der Waals surface area contributed by atoms with Gasteiger partial charge in [-0.25, -0.2) is 0 Å². The average Bonchev–Trinajstić information content (AvgIpc) is 2.89. The Labute approximate surface area is 206 Å². The van der Waals surface area contributed by atoms with Crippen molar-refractivity contribution in [1.82, 2.24) is 0 Å². The molecule has 0 saturated carbocycles. The van der Waals surface area contributed by atoms with Gasteiger partial charge in [-0.05, 0) is 66.2 Å². The first-order valence-electron chi connectivity index (χ1n) is 11.0. The van der Waals surface area contributed by atoms with Gasteiger partial charge in [0.1, 0.15) is 23.9 Å². The number of anilines is 2. The molecule has 10 nitrogen and oxygen atoms in total. The van der Waals surface area contributed by atoms with E-state index in [-0.39, 0.29) is 24.8 Å². The van der Waals surface area contributed by atoms with Crippen molar-refractivity contribution in [2.45, 2.75) is 0 Å². The molecular formula is C26H23N3O7. The Balaban J connectivity index is 1.39. The summed E-state index contributed by atoms with van der Waals surface area (Å²) < 4.78 is 16.4. The summed E-state index contributed by atoms with van der Waals surface area (Å²) >= 11 is 0. The molecule has 1 N–H and O–H groups in total. The Morgan fingerprint density at radius 3 is 2.53 bits per heavy atom. The molecule has 0 unspecified atom stereocenters. The minimum absolute atomic E-state index is 0.0265. The summed E-state index contributed by atoms with van der Waals surface area (Å²) in [7, 11) is 1.59. The summed E-state index contributed by atoms with van der Waals surface area (Å²) in [6.45, 7) is 0.462. The summed E-state index contributed by atoms with van der Waals surface area (Å²) in [6.07, 6.45) is 2.87. The maximum absolute atomic E-state index is 12.5. The number of methoxy groups -OCH3 is 1. The van der Waals surface area contributed by atoms with Gasteiger partial charge in [0.15, 0.2) is 6.61 Å². The van der Waals surface area contributed by atoms with Gasteiger partial charge in [0.2, 0.25) is 5.91 Å². The van der Waals surface area contributed by atoms with Gasteiger partial charge in [-0.15, -0.1) is 0 Å². The van der Waals surface area contributed by atoms with E-state index in [0.29, 0.717) is 35.0 Å². The van der Waals surface area contributed by atoms with E-state index in [1.165, 1.54) is 18.2 Å². The van der Waals surface area contributed by atoms with Crippen LogP contribution in [0.25, 0.3) is 6.08 Å². The molecule has 2 amide bonds. The lowest BCUT2D eigenvalue weighted by Gasteiger charge is -2.29. The molecular weight excluding hydrogens is 466 g/mol. The highest BCUT2D eigenvalue weighted by molar-refractivity contribution is 6.03. The maximum atomic E-state index is 12.5. The Bertz CT molecular complexity index is 1290. The largest absolute Gasteiger partial charge is 0.497 e. The fourth-order valence-corrected chi connectivity index (χ4v) is 3.51. The van der Waals surface area contributed by atoms with Crippen LogP contribution in [0.4, 0.5) is 17.1 Å². The van der Waals surface area contributed by atoms with E-state index >= 15 is 0 Å². The van der Waals surface area contributed by atoms with Crippen molar-refractivity contribution in [2.24, 2.45) is 0 Å². The van der Waals surface area contributed by atoms with Crippen LogP contribution in [-0.2, 0) is 9.59 Å². The number of amides is 2. The Hall–Kier alpha value is -4.86. The zero-order chi connectivity index (χ0) is 25.5. The second-order valence-corrected chi connectivity index (χ2v) is 7.71. The van der Waals surface area contributed by atoms with Crippen molar-refractivity contribution in [3.05, 3.63) is 88.5 Å². The van der Waals surface area contributed by atoms with E-state index in [1.807, 2.05) is 0 Å². The number of nitro benzene ring substituents is 1. The van der Waals surface area contributed by atoms with E-state index in [2.05, 4.69) is 5.32 Å². The molecule has 4 rings (SSSR count). The lowest BCUT2D eigenvalue weighted by atomic mass is 10.2. The predicted molar refractivity (Wildman–Crippen MR) is 134 cm³/mol. The van der Waals surface area contributed by atoms with Crippen LogP contribution in [0.15, 0.2) is 72.8 Å². The molecule has 0 aliphatic carbocycles. The Morgan fingerprint density at radius 2 is 1.83 bits per heavy atom. The van der Waals surface area contributed by atoms with Gasteiger partial charge in [0.25, 0.3) is 11.6 Å². The molecule has 0 fully saturated rings. The van der Waals surface area contributed by atoms with Crippen LogP contribution in [0.5, 0.6) is 17.2 Å². The highest BCUT2D eigenvalue weighted by Gasteiger charge is 2.26. The molecule has 3 aromatic carbocycles. The second-order valence-electron chi connectivity index (χ2n) is 7.71. The number of carbonyl (C=O) groups is 2. The Kier molecular flexibility index (Phi) is 7.45. The minimum atomic E-state index is -0.487. The Morgan fingerprint density at radius 1 is 1.11 bits per heavy atom. The fourth-order valence-electron chi connectivity index (χ4n) is 3.51. The van der Waals surface area contributed by atoms with Crippen LogP contribution >= 0.6 is 0 Å². The van der Waals surface area contributed by atoms with Crippen molar-refractivity contribution in [1.29, 1.82) is 0 Å². The van der Waals surface area contributed by atoms with E-state index in [0.717, 1.165) is 5.75 Å². The third kappa shape index (κ3) is 5.98. The number of ether oxygens (including phenoxy) is 3. The highest BCUT2D eigenvalue weighted by atomic mass is 16.6. The van der Waals surface area contributed by atoms with E-state index in [1.54, 1.807) is 72.7 Å². The van der Waals surface area contributed by atoms with Crippen LogP contribution in [0.2, 0.25) is 0 Å². The fraction of sp³-hybridized carbons (Fsp3) is 0.154. The monoisotopic (exact) mass is 489 g/mol. The first-order chi connectivity index (χ1) is 17.4. The molecule has 0 bridgehead atoms. The first kappa shape index (κ1) is 24.3. The summed E-state index contributed by atoms with van der Waals surface area (Å²) in [4.78, 5) is 36.8. The number of fused-ring (bicyclic) bond motifs is 1. The highest BCUT2D eigenvalue weighted by Crippen LogP contribution is 2.34. The van der Waals surface area contributed by atoms with Crippen LogP contribution in [0, 0.1) is 10.1 Å². The van der Waals surface area contributed by atoms with Gasteiger partial charge in [0, 0.05) is 23.9 Å². The number of hydrogen-bond donors (Lipinski definition) is 1. The molecule has 3 aromatic rings. The second kappa shape index (κ2) is 11.0. The number of carbonyl (C=O) groups excluding carboxylic acids is 2. The van der Waals surface area contributed by atoms with Crippen molar-refractivity contribution < 1.29 is 28.7 Å². The molecule has 1 heterocycles. The standard InChI is InChI=1S/C26H23N3O7/c1-34-21-8-10-22(11-9-21)35-15-14-28-23-16-19(5-12-24(23)36-17-26(28)31)27-25(30)13-4-18-2-6-20(7-3-18)29(32)33/h2-13,16H,14-15,17H2,1H3,(H,27,30)/b13-4+. The summed E-state index contributed by atoms with van der Waals surface area (Å²) in [5.41, 5.74) is 1.62. The summed E-state index contributed by atoms with van der Waals surface area (Å²) in [5.74, 6) is 1.28. The van der Waals surface area contributed by atoms with Crippen molar-refractivity contribution in [3.8, 4) is 17.2 Å². The SMILES string of the molecule is COc1ccc(OCCN2C(=O)COc3ccc(NC(=O)/C=C/c4ccc([N+](=O)[O-])cc4)cc32)cc1. The molecule has 36 heavy (non-hydrogen) atoms. The predicted octanol–water partition coefficient (Wildman–Crippen LogP) is 4.06. The summed E-state index contributed by atoms with van der Waals surface area (Å²) in [6, 6.07) is 18.0. The molecule has 10 heteroatoms. The molecule has 184 valence electrons. The van der Waals surface area contributed by atoms with Crippen molar-refractivity contribution in [3.63, 3.8) is 0 Å². The molecule has 0 atom stereocenters. The number of non-ortho nitro benzene ring substituents is 1. The molecule has 1 aliphatic rings. The lowest BCUT2D eigenvalue weighted by molar-refractivity contribution is -0.384. The molecule has 0 saturated heterocycles. The van der Waals surface area contributed by atoms with Gasteiger partial charge < -0.3 is 24.4 Å². The molecule has 0 radical (unpaired) electrons. The third-order valence-electron chi connectivity index (χ3n) is 5.34. The van der Waals surface area contributed by atoms with Gasteiger partial charge in [0.05, 0.1) is 24.3 Å². The first-order valence-corrected chi connectivity index (χ1v) is 11.0. The zero-order valence-corrected chi connectivity index (χ0v) is 19.4. The van der Waals surface area contributed by atoms with Crippen molar-refractivity contribution >= 4 is 35.0 Å². The van der Waals surface area contributed by atoms with Crippen LogP contribution < -0.4 is 24.4 Å². The minimum Gasteiger partial charge on any atom is -0.497 e. The molecule has 0 spiro atoms. The topological polar surface area (TPSA) is 120 Å². The number of benzene rings is 3. The smallest absolute Gasteiger partial charge is 0.269 e. The average molecular weight is 489 g/mol. The normalized spacial score (nSPS) is 12.6. The zero-order valence-electron chi connectivity index (χ0n) is 19.4. The number of hydrogen-bond acceptors (Lipinski definition) is 7. The number of nitro groups is 1. The number of nitrogens with zero attached hydrogens (tertiary/aromatic N) is 2. The van der Waals surface area contributed by atoms with E-state index < -0.39 is 10.8 Å². The quantitative estimate of drug-likeness (QED) is 0.273. The summed E-state index contributed by atoms with van der Waals surface area (Å²) in [5, 5.41) is 13.5. The van der Waals surface area contributed by atoms with Crippen LogP contribution in [0.3, 0.4) is 0 Å². The van der Waals surface area contributed by atoms with Crippen LogP contribution in [0.1, 0.15) is 5.56 Å². The van der Waals surface area contributed by atoms with Crippen molar-refractivity contribution in [2.75, 3.05) is 37.1 Å². The van der Waals surface area contributed by atoms with Gasteiger partial charge in [-0.3, -0.25) is 19.7 Å². The molecule has 0 aromatic heterocycles. The number of rotatable bonds is 9. The van der Waals surface area contributed by atoms with Crippen LogP contribution in [-0.4, -0.2) is 43.6 Å². The maximum Gasteiger partial charge on any atom is 0.269 e.